The lowest BCUT2D eigenvalue weighted by Gasteiger charge is -2.10. The summed E-state index contributed by atoms with van der Waals surface area (Å²) >= 11 is 0. The number of nitriles is 1. The highest BCUT2D eigenvalue weighted by Crippen LogP contribution is 2.30. The Morgan fingerprint density at radius 3 is 2.76 bits per heavy atom. The molecule has 1 atom stereocenters. The maximum atomic E-state index is 12.1. The van der Waals surface area contributed by atoms with Gasteiger partial charge in [0.2, 0.25) is 5.91 Å². The van der Waals surface area contributed by atoms with Crippen LogP contribution in [-0.4, -0.2) is 35.1 Å². The molecule has 0 aliphatic heterocycles. The Labute approximate surface area is 194 Å². The average Bonchev–Trinajstić information content (AvgIpc) is 3.52. The summed E-state index contributed by atoms with van der Waals surface area (Å²) in [4.78, 5) is 16.5. The molecule has 4 heterocycles. The smallest absolute Gasteiger partial charge is 0.228 e. The molecule has 0 spiro atoms. The van der Waals surface area contributed by atoms with Crippen LogP contribution in [0, 0.1) is 17.2 Å². The van der Waals surface area contributed by atoms with Crippen LogP contribution in [-0.2, 0) is 4.79 Å². The van der Waals surface area contributed by atoms with Crippen LogP contribution in [0.5, 0.6) is 0 Å². The molecule has 0 bridgehead atoms. The van der Waals surface area contributed by atoms with Crippen LogP contribution in [0.3, 0.4) is 0 Å². The minimum atomic E-state index is -0.146. The van der Waals surface area contributed by atoms with Crippen LogP contribution >= 0.6 is 0 Å². The molecule has 1 N–H and O–H groups in total. The molecular weight excluding hydrogens is 428 g/mol. The number of hydrogen-bond acceptors (Lipinski definition) is 6. The molecular formula is C25H20N8O. The molecule has 6 rings (SSSR count). The zero-order valence-electron chi connectivity index (χ0n) is 18.4. The van der Waals surface area contributed by atoms with E-state index in [1.54, 1.807) is 16.8 Å². The van der Waals surface area contributed by atoms with E-state index >= 15 is 0 Å². The first-order valence-electron chi connectivity index (χ1n) is 11.1. The highest BCUT2D eigenvalue weighted by atomic mass is 16.2. The molecule has 166 valence electrons. The van der Waals surface area contributed by atoms with E-state index in [2.05, 4.69) is 26.6 Å². The van der Waals surface area contributed by atoms with Crippen LogP contribution in [0.15, 0.2) is 60.9 Å². The molecule has 1 unspecified atom stereocenters. The Morgan fingerprint density at radius 1 is 1.09 bits per heavy atom. The molecule has 1 aliphatic carbocycles. The van der Waals surface area contributed by atoms with Crippen molar-refractivity contribution in [1.29, 1.82) is 5.26 Å². The minimum absolute atomic E-state index is 0.0167. The number of imidazole rings is 1. The van der Waals surface area contributed by atoms with E-state index in [0.29, 0.717) is 17.0 Å². The zero-order chi connectivity index (χ0) is 23.2. The molecule has 1 saturated carbocycles. The fraction of sp³-hybridized carbons (Fsp3) is 0.200. The normalized spacial score (nSPS) is 14.2. The van der Waals surface area contributed by atoms with Crippen LogP contribution < -0.4 is 5.32 Å². The molecule has 4 aromatic heterocycles. The highest BCUT2D eigenvalue weighted by Gasteiger charge is 2.30. The number of aromatic nitrogens is 6. The molecule has 0 saturated heterocycles. The van der Waals surface area contributed by atoms with Crippen LogP contribution in [0.1, 0.15) is 42.8 Å². The van der Waals surface area contributed by atoms with Gasteiger partial charge >= 0.3 is 0 Å². The number of fused-ring (bicyclic) bond motifs is 2. The summed E-state index contributed by atoms with van der Waals surface area (Å²) in [5.74, 6) is 1.24. The molecule has 1 aliphatic rings. The Hall–Kier alpha value is -4.58. The van der Waals surface area contributed by atoms with Gasteiger partial charge in [0, 0.05) is 12.1 Å². The van der Waals surface area contributed by atoms with Crippen LogP contribution in [0.2, 0.25) is 0 Å². The summed E-state index contributed by atoms with van der Waals surface area (Å²) in [6.45, 7) is 2.03. The van der Waals surface area contributed by atoms with E-state index in [0.717, 1.165) is 41.1 Å². The molecule has 9 heteroatoms. The van der Waals surface area contributed by atoms with Gasteiger partial charge in [-0.3, -0.25) is 9.20 Å². The third-order valence-corrected chi connectivity index (χ3v) is 6.12. The van der Waals surface area contributed by atoms with Gasteiger partial charge in [-0.25, -0.2) is 9.50 Å². The number of pyridine rings is 1. The predicted octanol–water partition coefficient (Wildman–Crippen LogP) is 3.81. The third kappa shape index (κ3) is 3.55. The van der Waals surface area contributed by atoms with Crippen molar-refractivity contribution in [1.82, 2.24) is 29.2 Å². The maximum absolute atomic E-state index is 12.1. The monoisotopic (exact) mass is 448 g/mol. The molecule has 0 radical (unpaired) electrons. The van der Waals surface area contributed by atoms with Gasteiger partial charge in [-0.1, -0.05) is 12.1 Å². The van der Waals surface area contributed by atoms with Crippen molar-refractivity contribution in [3.05, 3.63) is 78.0 Å². The van der Waals surface area contributed by atoms with Gasteiger partial charge in [-0.05, 0) is 67.3 Å². The van der Waals surface area contributed by atoms with Crippen molar-refractivity contribution >= 4 is 23.0 Å². The number of anilines is 1. The number of hydrogen-bond donors (Lipinski definition) is 1. The van der Waals surface area contributed by atoms with E-state index in [1.807, 2.05) is 60.0 Å². The topological polar surface area (TPSA) is 113 Å². The second-order valence-corrected chi connectivity index (χ2v) is 8.57. The van der Waals surface area contributed by atoms with Gasteiger partial charge in [-0.15, -0.1) is 10.2 Å². The number of amides is 1. The van der Waals surface area contributed by atoms with E-state index < -0.39 is 0 Å². The number of nitrogens with one attached hydrogen (secondary N) is 1. The number of rotatable bonds is 5. The van der Waals surface area contributed by atoms with Gasteiger partial charge in [0.15, 0.2) is 17.1 Å². The summed E-state index contributed by atoms with van der Waals surface area (Å²) in [6, 6.07) is 17.4. The summed E-state index contributed by atoms with van der Waals surface area (Å²) in [5.41, 5.74) is 4.72. The highest BCUT2D eigenvalue weighted by molar-refractivity contribution is 5.93. The first kappa shape index (κ1) is 20.1. The summed E-state index contributed by atoms with van der Waals surface area (Å²) < 4.78 is 3.64. The summed E-state index contributed by atoms with van der Waals surface area (Å²) in [5, 5.41) is 25.6. The molecule has 1 amide bonds. The van der Waals surface area contributed by atoms with Gasteiger partial charge in [-0.2, -0.15) is 10.4 Å². The molecule has 1 fully saturated rings. The second kappa shape index (κ2) is 7.78. The minimum Gasteiger partial charge on any atom is -0.309 e. The molecule has 1 aromatic carbocycles. The van der Waals surface area contributed by atoms with Crippen molar-refractivity contribution in [3.8, 4) is 17.2 Å². The quantitative estimate of drug-likeness (QED) is 0.437. The van der Waals surface area contributed by atoms with Crippen molar-refractivity contribution in [2.24, 2.45) is 5.92 Å². The lowest BCUT2D eigenvalue weighted by atomic mass is 10.0. The Morgan fingerprint density at radius 2 is 1.94 bits per heavy atom. The fourth-order valence-electron chi connectivity index (χ4n) is 4.04. The summed E-state index contributed by atoms with van der Waals surface area (Å²) in [6.07, 6.45) is 5.60. The van der Waals surface area contributed by atoms with Gasteiger partial charge in [0.25, 0.3) is 0 Å². The maximum Gasteiger partial charge on any atom is 0.228 e. The Bertz CT molecular complexity index is 1600. The first-order chi connectivity index (χ1) is 16.6. The first-order valence-corrected chi connectivity index (χ1v) is 11.1. The van der Waals surface area contributed by atoms with Crippen molar-refractivity contribution < 1.29 is 4.79 Å². The number of carbonyl (C=O) groups is 1. The van der Waals surface area contributed by atoms with Gasteiger partial charge < -0.3 is 5.32 Å². The van der Waals surface area contributed by atoms with E-state index in [9.17, 15) is 10.1 Å². The number of carbonyl (C=O) groups excluding carboxylic acids is 1. The lowest BCUT2D eigenvalue weighted by molar-refractivity contribution is -0.117. The van der Waals surface area contributed by atoms with Crippen molar-refractivity contribution in [2.75, 3.05) is 5.32 Å². The van der Waals surface area contributed by atoms with Crippen molar-refractivity contribution in [2.45, 2.75) is 25.7 Å². The molecule has 9 nitrogen and oxygen atoms in total. The molecule has 5 aromatic rings. The third-order valence-electron chi connectivity index (χ3n) is 6.12. The van der Waals surface area contributed by atoms with Gasteiger partial charge in [0.1, 0.15) is 5.82 Å². The van der Waals surface area contributed by atoms with Crippen LogP contribution in [0.4, 0.5) is 5.82 Å². The Kier molecular flexibility index (Phi) is 4.59. The SMILES string of the molecule is CC(c1ccc2nc(NC(=O)C3CC3)cn2n1)c1nnc2ccc(-c3cccc(C#N)c3)cn12. The number of nitrogens with zero attached hydrogens (tertiary/aromatic N) is 7. The predicted molar refractivity (Wildman–Crippen MR) is 125 cm³/mol. The largest absolute Gasteiger partial charge is 0.309 e. The number of benzene rings is 1. The molecule has 34 heavy (non-hydrogen) atoms. The van der Waals surface area contributed by atoms with Crippen LogP contribution in [0.25, 0.3) is 22.4 Å². The lowest BCUT2D eigenvalue weighted by Crippen LogP contribution is -2.13. The summed E-state index contributed by atoms with van der Waals surface area (Å²) in [7, 11) is 0. The average molecular weight is 448 g/mol. The fourth-order valence-corrected chi connectivity index (χ4v) is 4.04. The van der Waals surface area contributed by atoms with Crippen molar-refractivity contribution in [3.63, 3.8) is 0 Å². The second-order valence-electron chi connectivity index (χ2n) is 8.57. The van der Waals surface area contributed by atoms with E-state index in [4.69, 9.17) is 5.10 Å². The van der Waals surface area contributed by atoms with E-state index in [1.165, 1.54) is 0 Å². The van der Waals surface area contributed by atoms with E-state index in [-0.39, 0.29) is 17.7 Å². The standard InChI is InChI=1S/C25H20N8O/c1-15(20-8-10-22-27-21(14-33(22)31-20)28-25(34)17-5-6-17)24-30-29-23-9-7-19(13-32(23)24)18-4-2-3-16(11-18)12-26/h2-4,7-11,13-15,17H,5-6H2,1H3,(H,28,34). The zero-order valence-corrected chi connectivity index (χ0v) is 18.4. The van der Waals surface area contributed by atoms with Gasteiger partial charge in [0.05, 0.1) is 29.4 Å². The Balaban J connectivity index is 1.33.